The molecule has 0 fully saturated rings. The Kier molecular flexibility index (Phi) is 2.81. The van der Waals surface area contributed by atoms with Crippen molar-refractivity contribution in [3.63, 3.8) is 0 Å². The number of hydrogen-bond donors (Lipinski definition) is 2. The second-order valence-corrected chi connectivity index (χ2v) is 5.01. The largest absolute Gasteiger partial charge is 0.508 e. The Bertz CT molecular complexity index is 726. The molecule has 0 amide bonds. The number of aromatic hydroxyl groups is 1. The topological polar surface area (TPSA) is 64.2 Å². The molecule has 0 radical (unpaired) electrons. The molecule has 2 aromatic rings. The molecule has 0 spiro atoms. The summed E-state index contributed by atoms with van der Waals surface area (Å²) in [6.45, 7) is 0. The zero-order valence-corrected chi connectivity index (χ0v) is 10.7. The van der Waals surface area contributed by atoms with Crippen molar-refractivity contribution in [3.8, 4) is 22.9 Å². The average molecular weight is 263 g/mol. The first kappa shape index (κ1) is 12.5. The molecule has 3 nitrogen and oxygen atoms in total. The van der Waals surface area contributed by atoms with Crippen LogP contribution in [0.25, 0.3) is 17.2 Å². The van der Waals surface area contributed by atoms with Gasteiger partial charge in [0.25, 0.3) is 0 Å². The molecule has 0 saturated carbocycles. The molecule has 0 aromatic heterocycles. The Balaban J connectivity index is 2.00. The lowest BCUT2D eigenvalue weighted by Crippen LogP contribution is -2.28. The van der Waals surface area contributed by atoms with Gasteiger partial charge in [-0.25, -0.2) is 0 Å². The van der Waals surface area contributed by atoms with E-state index in [-0.39, 0.29) is 5.75 Å². The lowest BCUT2D eigenvalue weighted by atomic mass is 9.85. The summed E-state index contributed by atoms with van der Waals surface area (Å²) in [6.07, 6.45) is 3.63. The number of benzene rings is 2. The van der Waals surface area contributed by atoms with E-state index < -0.39 is 5.60 Å². The molecule has 1 aliphatic carbocycles. The van der Waals surface area contributed by atoms with Crippen molar-refractivity contribution in [2.24, 2.45) is 0 Å². The quantitative estimate of drug-likeness (QED) is 0.777. The standard InChI is InChI=1S/C17H13NO2/c18-11-17(20)8-7-14-9-13(1-2-15(14)10-17)12-3-5-16(19)6-4-12/h1-9,19-20H,10H2. The second kappa shape index (κ2) is 4.52. The van der Waals surface area contributed by atoms with Crippen LogP contribution in [0, 0.1) is 11.3 Å². The van der Waals surface area contributed by atoms with E-state index in [2.05, 4.69) is 0 Å². The fourth-order valence-electron chi connectivity index (χ4n) is 2.40. The summed E-state index contributed by atoms with van der Waals surface area (Å²) < 4.78 is 0. The van der Waals surface area contributed by atoms with Gasteiger partial charge in [0.2, 0.25) is 0 Å². The Morgan fingerprint density at radius 3 is 2.45 bits per heavy atom. The number of rotatable bonds is 1. The fourth-order valence-corrected chi connectivity index (χ4v) is 2.40. The Morgan fingerprint density at radius 2 is 1.75 bits per heavy atom. The van der Waals surface area contributed by atoms with Gasteiger partial charge in [0.15, 0.2) is 5.60 Å². The zero-order chi connectivity index (χ0) is 14.2. The van der Waals surface area contributed by atoms with Crippen LogP contribution < -0.4 is 0 Å². The molecule has 0 saturated heterocycles. The molecular weight excluding hydrogens is 250 g/mol. The first-order valence-electron chi connectivity index (χ1n) is 6.35. The number of nitrogens with zero attached hydrogens (tertiary/aromatic N) is 1. The molecule has 2 aromatic carbocycles. The highest BCUT2D eigenvalue weighted by Crippen LogP contribution is 2.30. The van der Waals surface area contributed by atoms with Gasteiger partial charge in [0, 0.05) is 6.42 Å². The third-order valence-corrected chi connectivity index (χ3v) is 3.54. The normalized spacial score (nSPS) is 20.2. The van der Waals surface area contributed by atoms with E-state index in [1.54, 1.807) is 18.2 Å². The molecule has 0 heterocycles. The van der Waals surface area contributed by atoms with E-state index in [9.17, 15) is 10.2 Å². The van der Waals surface area contributed by atoms with Gasteiger partial charge in [-0.2, -0.15) is 5.26 Å². The van der Waals surface area contributed by atoms with Crippen LogP contribution in [-0.2, 0) is 6.42 Å². The van der Waals surface area contributed by atoms with E-state index in [4.69, 9.17) is 5.26 Å². The maximum Gasteiger partial charge on any atom is 0.174 e. The van der Waals surface area contributed by atoms with Gasteiger partial charge in [0.05, 0.1) is 0 Å². The molecule has 3 heteroatoms. The number of phenols is 1. The predicted molar refractivity (Wildman–Crippen MR) is 76.8 cm³/mol. The summed E-state index contributed by atoms with van der Waals surface area (Å²) in [4.78, 5) is 0. The first-order valence-corrected chi connectivity index (χ1v) is 6.35. The zero-order valence-electron chi connectivity index (χ0n) is 10.7. The van der Waals surface area contributed by atoms with Crippen molar-refractivity contribution in [1.29, 1.82) is 5.26 Å². The summed E-state index contributed by atoms with van der Waals surface area (Å²) in [7, 11) is 0. The first-order chi connectivity index (χ1) is 9.59. The Labute approximate surface area is 117 Å². The molecule has 3 rings (SSSR count). The maximum absolute atomic E-state index is 9.97. The fraction of sp³-hybridized carbons (Fsp3) is 0.118. The maximum atomic E-state index is 9.97. The van der Waals surface area contributed by atoms with Crippen molar-refractivity contribution in [3.05, 3.63) is 59.7 Å². The Morgan fingerprint density at radius 1 is 1.05 bits per heavy atom. The second-order valence-electron chi connectivity index (χ2n) is 5.01. The molecule has 98 valence electrons. The van der Waals surface area contributed by atoms with Gasteiger partial charge >= 0.3 is 0 Å². The third-order valence-electron chi connectivity index (χ3n) is 3.54. The van der Waals surface area contributed by atoms with Crippen molar-refractivity contribution in [2.75, 3.05) is 0 Å². The summed E-state index contributed by atoms with van der Waals surface area (Å²) in [5, 5.41) is 28.2. The Hall–Kier alpha value is -2.57. The van der Waals surface area contributed by atoms with Crippen molar-refractivity contribution < 1.29 is 10.2 Å². The van der Waals surface area contributed by atoms with Crippen LogP contribution in [0.4, 0.5) is 0 Å². The van der Waals surface area contributed by atoms with Crippen LogP contribution in [0.2, 0.25) is 0 Å². The minimum absolute atomic E-state index is 0.241. The van der Waals surface area contributed by atoms with Gasteiger partial charge in [-0.15, -0.1) is 0 Å². The van der Waals surface area contributed by atoms with Crippen molar-refractivity contribution in [1.82, 2.24) is 0 Å². The van der Waals surface area contributed by atoms with Crippen LogP contribution >= 0.6 is 0 Å². The highest BCUT2D eigenvalue weighted by molar-refractivity contribution is 5.71. The molecule has 0 bridgehead atoms. The SMILES string of the molecule is N#CC1(O)C=Cc2cc(-c3ccc(O)cc3)ccc2C1. The minimum atomic E-state index is -1.40. The van der Waals surface area contributed by atoms with Gasteiger partial charge in [-0.05, 0) is 46.5 Å². The monoisotopic (exact) mass is 263 g/mol. The molecule has 1 unspecified atom stereocenters. The van der Waals surface area contributed by atoms with Gasteiger partial charge in [0.1, 0.15) is 11.8 Å². The highest BCUT2D eigenvalue weighted by Gasteiger charge is 2.27. The van der Waals surface area contributed by atoms with E-state index in [0.717, 1.165) is 22.3 Å². The van der Waals surface area contributed by atoms with E-state index in [1.165, 1.54) is 6.08 Å². The van der Waals surface area contributed by atoms with Gasteiger partial charge in [-0.3, -0.25) is 0 Å². The summed E-state index contributed by atoms with van der Waals surface area (Å²) >= 11 is 0. The van der Waals surface area contributed by atoms with Crippen LogP contribution in [-0.4, -0.2) is 15.8 Å². The summed E-state index contributed by atoms with van der Waals surface area (Å²) in [5.41, 5.74) is 2.62. The molecule has 0 aliphatic heterocycles. The molecule has 1 atom stereocenters. The molecular formula is C17H13NO2. The van der Waals surface area contributed by atoms with E-state index in [1.807, 2.05) is 36.4 Å². The molecule has 2 N–H and O–H groups in total. The van der Waals surface area contributed by atoms with Crippen LogP contribution in [0.5, 0.6) is 5.75 Å². The molecule has 20 heavy (non-hydrogen) atoms. The minimum Gasteiger partial charge on any atom is -0.508 e. The van der Waals surface area contributed by atoms with Crippen molar-refractivity contribution in [2.45, 2.75) is 12.0 Å². The third kappa shape index (κ3) is 2.18. The predicted octanol–water partition coefficient (Wildman–Crippen LogP) is 2.88. The van der Waals surface area contributed by atoms with Crippen LogP contribution in [0.15, 0.2) is 48.5 Å². The van der Waals surface area contributed by atoms with Crippen LogP contribution in [0.1, 0.15) is 11.1 Å². The van der Waals surface area contributed by atoms with Gasteiger partial charge in [-0.1, -0.05) is 30.3 Å². The highest BCUT2D eigenvalue weighted by atomic mass is 16.3. The van der Waals surface area contributed by atoms with Crippen LogP contribution in [0.3, 0.4) is 0 Å². The number of fused-ring (bicyclic) bond motifs is 1. The summed E-state index contributed by atoms with van der Waals surface area (Å²) in [6, 6.07) is 14.8. The van der Waals surface area contributed by atoms with E-state index in [0.29, 0.717) is 6.42 Å². The smallest absolute Gasteiger partial charge is 0.174 e. The van der Waals surface area contributed by atoms with Crippen molar-refractivity contribution >= 4 is 6.08 Å². The van der Waals surface area contributed by atoms with Gasteiger partial charge < -0.3 is 10.2 Å². The summed E-state index contributed by atoms with van der Waals surface area (Å²) in [5.74, 6) is 0.241. The lowest BCUT2D eigenvalue weighted by Gasteiger charge is -2.22. The number of aliphatic hydroxyl groups is 1. The number of nitriles is 1. The number of hydrogen-bond acceptors (Lipinski definition) is 3. The average Bonchev–Trinajstić information content (AvgIpc) is 2.48. The number of phenolic OH excluding ortho intramolecular Hbond substituents is 1. The lowest BCUT2D eigenvalue weighted by molar-refractivity contribution is 0.150. The van der Waals surface area contributed by atoms with E-state index >= 15 is 0 Å². The molecule has 1 aliphatic rings.